The van der Waals surface area contributed by atoms with E-state index in [0.29, 0.717) is 30.6 Å². The molecule has 9 nitrogen and oxygen atoms in total. The van der Waals surface area contributed by atoms with E-state index in [1.54, 1.807) is 7.11 Å². The lowest BCUT2D eigenvalue weighted by Crippen LogP contribution is -2.36. The molecule has 0 saturated heterocycles. The summed E-state index contributed by atoms with van der Waals surface area (Å²) in [5.74, 6) is -0.658. The maximum Gasteiger partial charge on any atom is 0.490 e. The van der Waals surface area contributed by atoms with Crippen LogP contribution in [0.15, 0.2) is 54.6 Å². The van der Waals surface area contributed by atoms with E-state index >= 15 is 0 Å². The van der Waals surface area contributed by atoms with Crippen molar-refractivity contribution in [2.45, 2.75) is 52.9 Å². The molecule has 2 aromatic carbocycles. The second kappa shape index (κ2) is 14.7. The average Bonchev–Trinajstić information content (AvgIpc) is 2.87. The van der Waals surface area contributed by atoms with Crippen LogP contribution in [0.4, 0.5) is 30.6 Å². The minimum Gasteiger partial charge on any atom is -0.497 e. The fraction of sp³-hybridized carbons (Fsp3) is 0.357. The Kier molecular flexibility index (Phi) is 11.7. The van der Waals surface area contributed by atoms with E-state index < -0.39 is 18.2 Å². The summed E-state index contributed by atoms with van der Waals surface area (Å²) in [6, 6.07) is 16.9. The number of nitrogens with one attached hydrogen (secondary N) is 3. The number of aliphatic carboxylic acids is 1. The van der Waals surface area contributed by atoms with E-state index in [1.807, 2.05) is 49.4 Å². The van der Waals surface area contributed by atoms with Gasteiger partial charge in [-0.05, 0) is 61.6 Å². The number of aryl methyl sites for hydroxylation is 2. The van der Waals surface area contributed by atoms with E-state index in [-0.39, 0.29) is 5.91 Å². The highest BCUT2D eigenvalue weighted by Gasteiger charge is 2.38. The molecule has 0 fully saturated rings. The largest absolute Gasteiger partial charge is 0.497 e. The minimum absolute atomic E-state index is 0.112. The van der Waals surface area contributed by atoms with Gasteiger partial charge in [-0.2, -0.15) is 18.2 Å². The Balaban J connectivity index is 0.000000708. The quantitative estimate of drug-likeness (QED) is 0.244. The molecule has 216 valence electrons. The fourth-order valence-electron chi connectivity index (χ4n) is 3.49. The number of aromatic nitrogens is 2. The van der Waals surface area contributed by atoms with Gasteiger partial charge in [0.25, 0.3) is 0 Å². The Hall–Kier alpha value is -4.35. The van der Waals surface area contributed by atoms with Crippen molar-refractivity contribution in [1.29, 1.82) is 0 Å². The van der Waals surface area contributed by atoms with Gasteiger partial charge in [0.1, 0.15) is 17.6 Å². The molecule has 0 aliphatic heterocycles. The smallest absolute Gasteiger partial charge is 0.490 e. The van der Waals surface area contributed by atoms with Crippen LogP contribution in [0.5, 0.6) is 5.75 Å². The zero-order valence-electron chi connectivity index (χ0n) is 23.0. The van der Waals surface area contributed by atoms with Gasteiger partial charge in [0, 0.05) is 24.0 Å². The first-order valence-corrected chi connectivity index (χ1v) is 12.4. The van der Waals surface area contributed by atoms with Crippen molar-refractivity contribution in [1.82, 2.24) is 9.97 Å². The molecule has 1 amide bonds. The van der Waals surface area contributed by atoms with Crippen molar-refractivity contribution < 1.29 is 32.6 Å². The van der Waals surface area contributed by atoms with Crippen LogP contribution in [0.3, 0.4) is 0 Å². The molecule has 4 N–H and O–H groups in total. The third-order valence-corrected chi connectivity index (χ3v) is 5.50. The topological polar surface area (TPSA) is 125 Å². The van der Waals surface area contributed by atoms with Gasteiger partial charge in [-0.25, -0.2) is 9.78 Å². The lowest BCUT2D eigenvalue weighted by atomic mass is 10.0. The molecule has 1 heterocycles. The third kappa shape index (κ3) is 10.8. The highest BCUT2D eigenvalue weighted by molar-refractivity contribution is 5.96. The number of hydrogen-bond donors (Lipinski definition) is 4. The Morgan fingerprint density at radius 2 is 1.65 bits per heavy atom. The lowest BCUT2D eigenvalue weighted by Gasteiger charge is -2.21. The van der Waals surface area contributed by atoms with Crippen LogP contribution in [-0.2, 0) is 16.1 Å². The number of benzene rings is 2. The van der Waals surface area contributed by atoms with Crippen LogP contribution >= 0.6 is 0 Å². The monoisotopic (exact) mass is 561 g/mol. The summed E-state index contributed by atoms with van der Waals surface area (Å²) in [6.45, 7) is 8.81. The van der Waals surface area contributed by atoms with E-state index in [2.05, 4.69) is 58.8 Å². The van der Waals surface area contributed by atoms with Crippen molar-refractivity contribution in [3.8, 4) is 5.75 Å². The molecule has 3 aromatic rings. The maximum atomic E-state index is 13.1. The second-order valence-electron chi connectivity index (χ2n) is 9.35. The number of carboxylic acids is 1. The molecule has 0 saturated carbocycles. The van der Waals surface area contributed by atoms with Gasteiger partial charge in [-0.1, -0.05) is 38.1 Å². The van der Waals surface area contributed by atoms with Crippen LogP contribution in [0.25, 0.3) is 0 Å². The number of methoxy groups -OCH3 is 1. The van der Waals surface area contributed by atoms with Crippen molar-refractivity contribution in [2.75, 3.05) is 23.1 Å². The molecule has 0 radical (unpaired) electrons. The molecular formula is C28H34F3N5O4. The van der Waals surface area contributed by atoms with Crippen molar-refractivity contribution in [3.63, 3.8) is 0 Å². The van der Waals surface area contributed by atoms with Gasteiger partial charge < -0.3 is 25.8 Å². The molecule has 0 bridgehead atoms. The number of amides is 1. The number of alkyl halides is 3. The van der Waals surface area contributed by atoms with Crippen molar-refractivity contribution >= 4 is 29.3 Å². The number of rotatable bonds is 10. The van der Waals surface area contributed by atoms with E-state index in [1.165, 1.54) is 11.1 Å². The number of carboxylic acid groups (broad SMARTS) is 1. The van der Waals surface area contributed by atoms with Crippen molar-refractivity contribution in [3.05, 3.63) is 71.4 Å². The number of carbonyl (C=O) groups excluding carboxylic acids is 1. The summed E-state index contributed by atoms with van der Waals surface area (Å²) in [7, 11) is 1.62. The first-order chi connectivity index (χ1) is 18.8. The van der Waals surface area contributed by atoms with Gasteiger partial charge in [-0.15, -0.1) is 0 Å². The zero-order valence-corrected chi connectivity index (χ0v) is 23.0. The Morgan fingerprint density at radius 3 is 2.20 bits per heavy atom. The molecule has 0 aliphatic rings. The summed E-state index contributed by atoms with van der Waals surface area (Å²) in [4.78, 5) is 31.1. The van der Waals surface area contributed by atoms with E-state index in [0.717, 1.165) is 17.1 Å². The molecular weight excluding hydrogens is 527 g/mol. The highest BCUT2D eigenvalue weighted by atomic mass is 19.4. The van der Waals surface area contributed by atoms with Gasteiger partial charge in [-0.3, -0.25) is 4.79 Å². The SMILES string of the molecule is COc1ccc(NC(=O)[C@H](CC(C)C)Nc2cc(C)nc(NCc3ccccc3C)n2)cc1.O=C(O)C(F)(F)F. The third-order valence-electron chi connectivity index (χ3n) is 5.50. The number of anilines is 3. The number of hydrogen-bond acceptors (Lipinski definition) is 7. The number of carbonyl (C=O) groups is 2. The number of halogens is 3. The standard InChI is InChI=1S/C26H33N5O2.C2HF3O2/c1-17(2)14-23(25(32)29-21-10-12-22(33-5)13-11-21)30-24-15-19(4)28-26(31-24)27-16-20-9-7-6-8-18(20)3;3-2(4,5)1(6)7/h6-13,15,17,23H,14,16H2,1-5H3,(H,29,32)(H2,27,28,30,31);(H,6,7)/t23-;/m0./s1. The van der Waals surface area contributed by atoms with Crippen LogP contribution in [0, 0.1) is 19.8 Å². The number of ether oxygens (including phenoxy) is 1. The maximum absolute atomic E-state index is 13.1. The fourth-order valence-corrected chi connectivity index (χ4v) is 3.49. The van der Waals surface area contributed by atoms with Crippen LogP contribution in [0.1, 0.15) is 37.1 Å². The van der Waals surface area contributed by atoms with Gasteiger partial charge in [0.15, 0.2) is 0 Å². The molecule has 12 heteroatoms. The first-order valence-electron chi connectivity index (χ1n) is 12.4. The van der Waals surface area contributed by atoms with Crippen LogP contribution in [-0.4, -0.2) is 46.3 Å². The first kappa shape index (κ1) is 31.9. The number of nitrogens with zero attached hydrogens (tertiary/aromatic N) is 2. The molecule has 3 rings (SSSR count). The van der Waals surface area contributed by atoms with Gasteiger partial charge >= 0.3 is 12.1 Å². The predicted molar refractivity (Wildman–Crippen MR) is 147 cm³/mol. The highest BCUT2D eigenvalue weighted by Crippen LogP contribution is 2.19. The lowest BCUT2D eigenvalue weighted by molar-refractivity contribution is -0.192. The minimum atomic E-state index is -5.08. The molecule has 0 unspecified atom stereocenters. The second-order valence-corrected chi connectivity index (χ2v) is 9.35. The molecule has 40 heavy (non-hydrogen) atoms. The summed E-state index contributed by atoms with van der Waals surface area (Å²) in [5, 5.41) is 16.7. The van der Waals surface area contributed by atoms with Crippen molar-refractivity contribution in [2.24, 2.45) is 5.92 Å². The molecule has 1 aromatic heterocycles. The van der Waals surface area contributed by atoms with Gasteiger partial charge in [0.2, 0.25) is 11.9 Å². The summed E-state index contributed by atoms with van der Waals surface area (Å²) < 4.78 is 36.9. The Bertz CT molecular complexity index is 1270. The Morgan fingerprint density at radius 1 is 1.02 bits per heavy atom. The molecule has 0 spiro atoms. The molecule has 1 atom stereocenters. The van der Waals surface area contributed by atoms with Crippen LogP contribution < -0.4 is 20.7 Å². The summed E-state index contributed by atoms with van der Waals surface area (Å²) >= 11 is 0. The summed E-state index contributed by atoms with van der Waals surface area (Å²) in [5.41, 5.74) is 3.94. The van der Waals surface area contributed by atoms with E-state index in [4.69, 9.17) is 14.6 Å². The Labute approximate surface area is 231 Å². The zero-order chi connectivity index (χ0) is 29.9. The van der Waals surface area contributed by atoms with E-state index in [9.17, 15) is 18.0 Å². The van der Waals surface area contributed by atoms with Gasteiger partial charge in [0.05, 0.1) is 7.11 Å². The predicted octanol–water partition coefficient (Wildman–Crippen LogP) is 5.81. The molecule has 0 aliphatic carbocycles. The summed E-state index contributed by atoms with van der Waals surface area (Å²) in [6.07, 6.45) is -4.42. The van der Waals surface area contributed by atoms with Crippen LogP contribution in [0.2, 0.25) is 0 Å². The normalized spacial score (nSPS) is 11.6. The average molecular weight is 562 g/mol.